The average molecular weight is 221 g/mol. The Bertz CT molecular complexity index is 98.9. The van der Waals surface area contributed by atoms with Gasteiger partial charge in [-0.2, -0.15) is 23.5 Å². The van der Waals surface area contributed by atoms with Gasteiger partial charge in [0.05, 0.1) is 0 Å². The lowest BCUT2D eigenvalue weighted by Crippen LogP contribution is -2.27. The third kappa shape index (κ3) is 10.6. The first-order valence-corrected chi connectivity index (χ1v) is 7.66. The van der Waals surface area contributed by atoms with Gasteiger partial charge >= 0.3 is 0 Å². The summed E-state index contributed by atoms with van der Waals surface area (Å²) in [6, 6.07) is 0.694. The molecule has 3 heteroatoms. The zero-order valence-corrected chi connectivity index (χ0v) is 10.8. The average Bonchev–Trinajstić information content (AvgIpc) is 2.14. The van der Waals surface area contributed by atoms with Gasteiger partial charge in [0.25, 0.3) is 0 Å². The largest absolute Gasteiger partial charge is 0.314 e. The van der Waals surface area contributed by atoms with Crippen LogP contribution in [0.2, 0.25) is 0 Å². The van der Waals surface area contributed by atoms with Gasteiger partial charge in [-0.15, -0.1) is 0 Å². The standard InChI is InChI=1S/C10H23NS2/c1-4-13-8-5-7-11-10(2)6-9-12-3/h10-11H,4-9H2,1-3H3. The highest BCUT2D eigenvalue weighted by Gasteiger charge is 1.98. The summed E-state index contributed by atoms with van der Waals surface area (Å²) in [7, 11) is 0. The molecule has 0 fully saturated rings. The Kier molecular flexibility index (Phi) is 11.3. The smallest absolute Gasteiger partial charge is 0.00465 e. The van der Waals surface area contributed by atoms with Crippen LogP contribution in [-0.4, -0.2) is 36.1 Å². The molecule has 0 aliphatic heterocycles. The Hall–Kier alpha value is 0.660. The van der Waals surface area contributed by atoms with Crippen LogP contribution in [0.5, 0.6) is 0 Å². The fraction of sp³-hybridized carbons (Fsp3) is 1.00. The van der Waals surface area contributed by atoms with Gasteiger partial charge in [0, 0.05) is 6.04 Å². The summed E-state index contributed by atoms with van der Waals surface area (Å²) < 4.78 is 0. The molecular weight excluding hydrogens is 198 g/mol. The number of hydrogen-bond donors (Lipinski definition) is 1. The molecule has 80 valence electrons. The van der Waals surface area contributed by atoms with Crippen molar-refractivity contribution in [3.8, 4) is 0 Å². The van der Waals surface area contributed by atoms with E-state index in [1.807, 2.05) is 23.5 Å². The first-order chi connectivity index (χ1) is 6.31. The van der Waals surface area contributed by atoms with Crippen LogP contribution < -0.4 is 5.32 Å². The molecule has 0 heterocycles. The van der Waals surface area contributed by atoms with Crippen LogP contribution in [0.15, 0.2) is 0 Å². The van der Waals surface area contributed by atoms with E-state index in [1.54, 1.807) is 0 Å². The molecule has 13 heavy (non-hydrogen) atoms. The molecule has 0 saturated carbocycles. The van der Waals surface area contributed by atoms with Gasteiger partial charge in [0.15, 0.2) is 0 Å². The van der Waals surface area contributed by atoms with E-state index in [4.69, 9.17) is 0 Å². The van der Waals surface area contributed by atoms with Gasteiger partial charge in [-0.05, 0) is 49.8 Å². The van der Waals surface area contributed by atoms with Crippen molar-refractivity contribution in [2.75, 3.05) is 30.1 Å². The van der Waals surface area contributed by atoms with E-state index in [0.717, 1.165) is 0 Å². The number of thioether (sulfide) groups is 2. The first-order valence-electron chi connectivity index (χ1n) is 5.11. The van der Waals surface area contributed by atoms with E-state index in [9.17, 15) is 0 Å². The van der Waals surface area contributed by atoms with Crippen LogP contribution in [0.25, 0.3) is 0 Å². The Morgan fingerprint density at radius 3 is 2.69 bits per heavy atom. The molecular formula is C10H23NS2. The summed E-state index contributed by atoms with van der Waals surface area (Å²) >= 11 is 3.97. The van der Waals surface area contributed by atoms with E-state index >= 15 is 0 Å². The van der Waals surface area contributed by atoms with Crippen molar-refractivity contribution in [2.45, 2.75) is 32.7 Å². The summed E-state index contributed by atoms with van der Waals surface area (Å²) in [5.41, 5.74) is 0. The molecule has 0 aromatic rings. The minimum atomic E-state index is 0.694. The number of hydrogen-bond acceptors (Lipinski definition) is 3. The molecule has 0 aliphatic rings. The number of rotatable bonds is 9. The van der Waals surface area contributed by atoms with E-state index in [-0.39, 0.29) is 0 Å². The molecule has 1 atom stereocenters. The molecule has 0 amide bonds. The molecule has 0 rings (SSSR count). The lowest BCUT2D eigenvalue weighted by atomic mass is 10.2. The molecule has 1 N–H and O–H groups in total. The zero-order chi connectivity index (χ0) is 9.94. The maximum atomic E-state index is 3.55. The summed E-state index contributed by atoms with van der Waals surface area (Å²) in [5.74, 6) is 3.83. The summed E-state index contributed by atoms with van der Waals surface area (Å²) in [5, 5.41) is 3.55. The second-order valence-electron chi connectivity index (χ2n) is 3.19. The molecule has 0 aromatic carbocycles. The molecule has 0 aromatic heterocycles. The number of nitrogens with one attached hydrogen (secondary N) is 1. The SMILES string of the molecule is CCSCCCNC(C)CCSC. The Morgan fingerprint density at radius 2 is 2.08 bits per heavy atom. The quantitative estimate of drug-likeness (QED) is 0.601. The minimum Gasteiger partial charge on any atom is -0.314 e. The van der Waals surface area contributed by atoms with E-state index in [0.29, 0.717) is 6.04 Å². The third-order valence-electron chi connectivity index (χ3n) is 1.92. The van der Waals surface area contributed by atoms with Crippen molar-refractivity contribution in [3.63, 3.8) is 0 Å². The van der Waals surface area contributed by atoms with Gasteiger partial charge in [-0.25, -0.2) is 0 Å². The fourth-order valence-corrected chi connectivity index (χ4v) is 2.29. The van der Waals surface area contributed by atoms with Crippen molar-refractivity contribution >= 4 is 23.5 Å². The molecule has 1 unspecified atom stereocenters. The molecule has 0 saturated heterocycles. The zero-order valence-electron chi connectivity index (χ0n) is 9.14. The summed E-state index contributed by atoms with van der Waals surface area (Å²) in [4.78, 5) is 0. The predicted octanol–water partition coefficient (Wildman–Crippen LogP) is 2.86. The molecule has 0 bridgehead atoms. The van der Waals surface area contributed by atoms with Crippen molar-refractivity contribution < 1.29 is 0 Å². The minimum absolute atomic E-state index is 0.694. The highest BCUT2D eigenvalue weighted by atomic mass is 32.2. The lowest BCUT2D eigenvalue weighted by Gasteiger charge is -2.12. The van der Waals surface area contributed by atoms with Crippen LogP contribution in [-0.2, 0) is 0 Å². The van der Waals surface area contributed by atoms with Gasteiger partial charge in [-0.1, -0.05) is 6.92 Å². The first kappa shape index (κ1) is 13.7. The van der Waals surface area contributed by atoms with Crippen molar-refractivity contribution in [1.29, 1.82) is 0 Å². The topological polar surface area (TPSA) is 12.0 Å². The van der Waals surface area contributed by atoms with Crippen LogP contribution in [0.4, 0.5) is 0 Å². The van der Waals surface area contributed by atoms with E-state index in [2.05, 4.69) is 25.4 Å². The summed E-state index contributed by atoms with van der Waals surface area (Å²) in [6.07, 6.45) is 4.77. The summed E-state index contributed by atoms with van der Waals surface area (Å²) in [6.45, 7) is 5.69. The third-order valence-corrected chi connectivity index (χ3v) is 3.55. The van der Waals surface area contributed by atoms with Crippen molar-refractivity contribution in [3.05, 3.63) is 0 Å². The van der Waals surface area contributed by atoms with Gasteiger partial charge in [0.2, 0.25) is 0 Å². The molecule has 1 nitrogen and oxygen atoms in total. The van der Waals surface area contributed by atoms with E-state index < -0.39 is 0 Å². The van der Waals surface area contributed by atoms with Crippen LogP contribution in [0.1, 0.15) is 26.7 Å². The monoisotopic (exact) mass is 221 g/mol. The molecule has 0 radical (unpaired) electrons. The Balaban J connectivity index is 3.03. The maximum Gasteiger partial charge on any atom is 0.00465 e. The van der Waals surface area contributed by atoms with Crippen LogP contribution >= 0.6 is 23.5 Å². The highest BCUT2D eigenvalue weighted by Crippen LogP contribution is 2.02. The van der Waals surface area contributed by atoms with Crippen LogP contribution in [0, 0.1) is 0 Å². The Morgan fingerprint density at radius 1 is 1.31 bits per heavy atom. The van der Waals surface area contributed by atoms with Crippen molar-refractivity contribution in [2.24, 2.45) is 0 Å². The fourth-order valence-electron chi connectivity index (χ4n) is 1.06. The van der Waals surface area contributed by atoms with Crippen molar-refractivity contribution in [1.82, 2.24) is 5.32 Å². The van der Waals surface area contributed by atoms with E-state index in [1.165, 1.54) is 36.6 Å². The predicted molar refractivity (Wildman–Crippen MR) is 68.1 cm³/mol. The molecule has 0 spiro atoms. The second-order valence-corrected chi connectivity index (χ2v) is 5.57. The van der Waals surface area contributed by atoms with Gasteiger partial charge < -0.3 is 5.32 Å². The van der Waals surface area contributed by atoms with Gasteiger partial charge in [0.1, 0.15) is 0 Å². The van der Waals surface area contributed by atoms with Crippen LogP contribution in [0.3, 0.4) is 0 Å². The van der Waals surface area contributed by atoms with Gasteiger partial charge in [-0.3, -0.25) is 0 Å². The second kappa shape index (κ2) is 10.7. The normalized spacial score (nSPS) is 13.2. The lowest BCUT2D eigenvalue weighted by molar-refractivity contribution is 0.537. The maximum absolute atomic E-state index is 3.55. The Labute approximate surface area is 91.8 Å². The highest BCUT2D eigenvalue weighted by molar-refractivity contribution is 7.99. The molecule has 0 aliphatic carbocycles.